The minimum Gasteiger partial charge on any atom is -0.464 e. The fourth-order valence-electron chi connectivity index (χ4n) is 2.66. The van der Waals surface area contributed by atoms with Crippen molar-refractivity contribution in [1.82, 2.24) is 4.57 Å². The van der Waals surface area contributed by atoms with E-state index in [1.54, 1.807) is 0 Å². The van der Waals surface area contributed by atoms with E-state index < -0.39 is 5.97 Å². The highest BCUT2D eigenvalue weighted by atomic mass is 79.9. The largest absolute Gasteiger partial charge is 0.464 e. The van der Waals surface area contributed by atoms with Crippen molar-refractivity contribution in [2.45, 2.75) is 0 Å². The number of hydrogen-bond acceptors (Lipinski definition) is 3. The number of aliphatic hydroxyl groups is 1. The molecule has 1 heterocycles. The second-order valence-corrected chi connectivity index (χ2v) is 5.69. The first kappa shape index (κ1) is 14.8. The van der Waals surface area contributed by atoms with E-state index in [9.17, 15) is 9.90 Å². The number of esters is 1. The molecule has 0 spiro atoms. The topological polar surface area (TPSA) is 51.5 Å². The summed E-state index contributed by atoms with van der Waals surface area (Å²) in [7, 11) is 1.33. The Hall–Kier alpha value is -2.11. The molecule has 0 unspecified atom stereocenters. The highest BCUT2D eigenvalue weighted by molar-refractivity contribution is 9.10. The van der Waals surface area contributed by atoms with Gasteiger partial charge in [0.2, 0.25) is 0 Å². The molecular formula is C17H14BrNO3. The Morgan fingerprint density at radius 1 is 1.23 bits per heavy atom. The van der Waals surface area contributed by atoms with Crippen molar-refractivity contribution in [3.63, 3.8) is 0 Å². The number of para-hydroxylation sites is 1. The molecule has 0 atom stereocenters. The van der Waals surface area contributed by atoms with Gasteiger partial charge in [-0.3, -0.25) is 0 Å². The number of hydrogen-bond donors (Lipinski definition) is 1. The SMILES string of the molecule is COC(=O)/C(=C/CO)n1c2ccccc2c2ccc(Br)cc21. The van der Waals surface area contributed by atoms with Crippen LogP contribution < -0.4 is 0 Å². The number of nitrogens with zero attached hydrogens (tertiary/aromatic N) is 1. The molecule has 112 valence electrons. The lowest BCUT2D eigenvalue weighted by molar-refractivity contribution is -0.134. The van der Waals surface area contributed by atoms with Crippen molar-refractivity contribution < 1.29 is 14.6 Å². The van der Waals surface area contributed by atoms with Gasteiger partial charge in [0.1, 0.15) is 5.70 Å². The maximum Gasteiger partial charge on any atom is 0.354 e. The number of rotatable bonds is 3. The average Bonchev–Trinajstić information content (AvgIpc) is 2.85. The van der Waals surface area contributed by atoms with Gasteiger partial charge >= 0.3 is 5.97 Å². The number of halogens is 1. The predicted molar refractivity (Wildman–Crippen MR) is 90.5 cm³/mol. The third-order valence-corrected chi connectivity index (χ3v) is 4.05. The maximum absolute atomic E-state index is 12.1. The Morgan fingerprint density at radius 3 is 2.68 bits per heavy atom. The van der Waals surface area contributed by atoms with Gasteiger partial charge in [0, 0.05) is 15.2 Å². The van der Waals surface area contributed by atoms with Gasteiger partial charge in [-0.2, -0.15) is 0 Å². The molecule has 4 nitrogen and oxygen atoms in total. The zero-order valence-electron chi connectivity index (χ0n) is 11.9. The van der Waals surface area contributed by atoms with Gasteiger partial charge in [0.25, 0.3) is 0 Å². The third kappa shape index (κ3) is 2.32. The summed E-state index contributed by atoms with van der Waals surface area (Å²) >= 11 is 3.47. The van der Waals surface area contributed by atoms with Crippen molar-refractivity contribution in [2.24, 2.45) is 0 Å². The van der Waals surface area contributed by atoms with Crippen molar-refractivity contribution >= 4 is 49.4 Å². The standard InChI is InChI=1S/C17H14BrNO3/c1-22-17(21)15(8-9-20)19-14-5-3-2-4-12(14)13-7-6-11(18)10-16(13)19/h2-8,10,20H,9H2,1H3/b15-8-. The summed E-state index contributed by atoms with van der Waals surface area (Å²) in [6.07, 6.45) is 1.46. The summed E-state index contributed by atoms with van der Waals surface area (Å²) < 4.78 is 7.60. The molecule has 0 radical (unpaired) electrons. The third-order valence-electron chi connectivity index (χ3n) is 3.56. The summed E-state index contributed by atoms with van der Waals surface area (Å²) in [5.41, 5.74) is 2.07. The van der Waals surface area contributed by atoms with E-state index in [0.717, 1.165) is 26.3 Å². The predicted octanol–water partition coefficient (Wildman–Crippen LogP) is 3.56. The molecule has 0 bridgehead atoms. The lowest BCUT2D eigenvalue weighted by atomic mass is 10.2. The van der Waals surface area contributed by atoms with Crippen molar-refractivity contribution in [3.05, 3.63) is 53.0 Å². The minimum absolute atomic E-state index is 0.244. The van der Waals surface area contributed by atoms with Crippen molar-refractivity contribution in [1.29, 1.82) is 0 Å². The first-order valence-electron chi connectivity index (χ1n) is 6.75. The van der Waals surface area contributed by atoms with Gasteiger partial charge in [-0.05, 0) is 24.3 Å². The Morgan fingerprint density at radius 2 is 1.95 bits per heavy atom. The second-order valence-electron chi connectivity index (χ2n) is 4.78. The Balaban J connectivity index is 2.46. The fraction of sp³-hybridized carbons (Fsp3) is 0.118. The molecule has 0 aliphatic heterocycles. The van der Waals surface area contributed by atoms with E-state index >= 15 is 0 Å². The van der Waals surface area contributed by atoms with Crippen LogP contribution in [-0.4, -0.2) is 29.4 Å². The van der Waals surface area contributed by atoms with E-state index in [-0.39, 0.29) is 6.61 Å². The molecule has 0 aliphatic carbocycles. The number of ether oxygens (including phenoxy) is 1. The highest BCUT2D eigenvalue weighted by Crippen LogP contribution is 2.33. The van der Waals surface area contributed by atoms with Crippen LogP contribution in [0.2, 0.25) is 0 Å². The number of aromatic nitrogens is 1. The monoisotopic (exact) mass is 359 g/mol. The van der Waals surface area contributed by atoms with Crippen molar-refractivity contribution in [3.8, 4) is 0 Å². The van der Waals surface area contributed by atoms with Gasteiger partial charge in [0.05, 0.1) is 24.8 Å². The van der Waals surface area contributed by atoms with Crippen LogP contribution >= 0.6 is 15.9 Å². The summed E-state index contributed by atoms with van der Waals surface area (Å²) in [6, 6.07) is 13.7. The van der Waals surface area contributed by atoms with Gasteiger partial charge in [0.15, 0.2) is 0 Å². The molecule has 0 saturated heterocycles. The van der Waals surface area contributed by atoms with Gasteiger partial charge in [-0.25, -0.2) is 4.79 Å². The molecular weight excluding hydrogens is 346 g/mol. The molecule has 0 aliphatic rings. The van der Waals surface area contributed by atoms with Crippen LogP contribution in [0, 0.1) is 0 Å². The number of aliphatic hydroxyl groups excluding tert-OH is 1. The van der Waals surface area contributed by atoms with Gasteiger partial charge < -0.3 is 14.4 Å². The zero-order chi connectivity index (χ0) is 15.7. The van der Waals surface area contributed by atoms with Gasteiger partial charge in [-0.15, -0.1) is 0 Å². The number of fused-ring (bicyclic) bond motifs is 3. The van der Waals surface area contributed by atoms with Crippen molar-refractivity contribution in [2.75, 3.05) is 13.7 Å². The molecule has 3 aromatic rings. The molecule has 1 aromatic heterocycles. The van der Waals surface area contributed by atoms with Crippen LogP contribution in [0.15, 0.2) is 53.0 Å². The van der Waals surface area contributed by atoms with E-state index in [0.29, 0.717) is 5.70 Å². The second kappa shape index (κ2) is 5.94. The molecule has 22 heavy (non-hydrogen) atoms. The molecule has 0 saturated carbocycles. The minimum atomic E-state index is -0.489. The van der Waals surface area contributed by atoms with Crippen LogP contribution in [0.3, 0.4) is 0 Å². The molecule has 0 fully saturated rings. The fourth-order valence-corrected chi connectivity index (χ4v) is 3.01. The van der Waals surface area contributed by atoms with Crippen LogP contribution in [0.5, 0.6) is 0 Å². The summed E-state index contributed by atoms with van der Waals surface area (Å²) in [6.45, 7) is -0.244. The first-order chi connectivity index (χ1) is 10.7. The number of methoxy groups -OCH3 is 1. The Bertz CT molecular complexity index is 895. The van der Waals surface area contributed by atoms with Crippen LogP contribution in [0.25, 0.3) is 27.5 Å². The summed E-state index contributed by atoms with van der Waals surface area (Å²) in [5, 5.41) is 11.3. The lowest BCUT2D eigenvalue weighted by Gasteiger charge is -2.10. The van der Waals surface area contributed by atoms with E-state index in [1.807, 2.05) is 47.0 Å². The average molecular weight is 360 g/mol. The number of benzene rings is 2. The van der Waals surface area contributed by atoms with Crippen LogP contribution in [0.4, 0.5) is 0 Å². The zero-order valence-corrected chi connectivity index (χ0v) is 13.5. The number of carbonyl (C=O) groups excluding carboxylic acids is 1. The van der Waals surface area contributed by atoms with E-state index in [4.69, 9.17) is 4.74 Å². The molecule has 2 aromatic carbocycles. The number of carbonyl (C=O) groups is 1. The normalized spacial score (nSPS) is 12.0. The van der Waals surface area contributed by atoms with E-state index in [2.05, 4.69) is 15.9 Å². The summed E-state index contributed by atoms with van der Waals surface area (Å²) in [5.74, 6) is -0.489. The quantitative estimate of drug-likeness (QED) is 0.574. The van der Waals surface area contributed by atoms with E-state index in [1.165, 1.54) is 13.2 Å². The molecule has 0 amide bonds. The Kier molecular flexibility index (Phi) is 4.00. The Labute approximate surface area is 135 Å². The first-order valence-corrected chi connectivity index (χ1v) is 7.55. The highest BCUT2D eigenvalue weighted by Gasteiger charge is 2.18. The van der Waals surface area contributed by atoms with Crippen LogP contribution in [-0.2, 0) is 9.53 Å². The summed E-state index contributed by atoms with van der Waals surface area (Å²) in [4.78, 5) is 12.1. The molecule has 3 rings (SSSR count). The smallest absolute Gasteiger partial charge is 0.354 e. The maximum atomic E-state index is 12.1. The molecule has 5 heteroatoms. The van der Waals surface area contributed by atoms with Gasteiger partial charge in [-0.1, -0.05) is 40.2 Å². The molecule has 1 N–H and O–H groups in total. The lowest BCUT2D eigenvalue weighted by Crippen LogP contribution is -2.11. The van der Waals surface area contributed by atoms with Crippen LogP contribution in [0.1, 0.15) is 0 Å².